The van der Waals surface area contributed by atoms with Crippen LogP contribution in [0.3, 0.4) is 0 Å². The second kappa shape index (κ2) is 27.8. The Bertz CT molecular complexity index is 1540. The van der Waals surface area contributed by atoms with Crippen LogP contribution in [0, 0.1) is 29.6 Å². The van der Waals surface area contributed by atoms with E-state index in [9.17, 15) is 24.0 Å². The van der Waals surface area contributed by atoms with Crippen LogP contribution in [0.2, 0.25) is 0 Å². The summed E-state index contributed by atoms with van der Waals surface area (Å²) in [7, 11) is 10.2. The summed E-state index contributed by atoms with van der Waals surface area (Å²) in [6.07, 6.45) is 1.19. The van der Waals surface area contributed by atoms with E-state index in [0.29, 0.717) is 38.8 Å². The van der Waals surface area contributed by atoms with Gasteiger partial charge in [-0.2, -0.15) is 0 Å². The average molecular weight is 888 g/mol. The van der Waals surface area contributed by atoms with Crippen molar-refractivity contribution in [3.8, 4) is 0 Å². The Balaban J connectivity index is 2.24. The van der Waals surface area contributed by atoms with Crippen molar-refractivity contribution in [2.75, 3.05) is 75.3 Å². The zero-order valence-corrected chi connectivity index (χ0v) is 41.6. The van der Waals surface area contributed by atoms with Gasteiger partial charge in [0, 0.05) is 65.7 Å². The van der Waals surface area contributed by atoms with Crippen molar-refractivity contribution in [2.24, 2.45) is 29.6 Å². The van der Waals surface area contributed by atoms with Crippen LogP contribution in [0.25, 0.3) is 0 Å². The van der Waals surface area contributed by atoms with E-state index in [-0.39, 0.29) is 66.6 Å². The number of nitrogens with one attached hydrogen (secondary N) is 1. The number of ketones is 1. The largest absolute Gasteiger partial charge is 0.467 e. The van der Waals surface area contributed by atoms with Crippen molar-refractivity contribution in [1.82, 2.24) is 24.9 Å². The highest BCUT2D eigenvalue weighted by Crippen LogP contribution is 2.31. The Morgan fingerprint density at radius 1 is 0.825 bits per heavy atom. The molecular weight excluding hydrogens is 803 g/mol. The average Bonchev–Trinajstić information content (AvgIpc) is 3.74. The second-order valence-electron chi connectivity index (χ2n) is 18.7. The molecule has 1 aliphatic heterocycles. The summed E-state index contributed by atoms with van der Waals surface area (Å²) in [5.41, 5.74) is 0.877. The van der Waals surface area contributed by atoms with Crippen LogP contribution in [-0.4, -0.2) is 167 Å². The van der Waals surface area contributed by atoms with Gasteiger partial charge in [0.1, 0.15) is 6.04 Å². The zero-order chi connectivity index (χ0) is 47.6. The Kier molecular flexibility index (Phi) is 24.6. The van der Waals surface area contributed by atoms with Crippen LogP contribution in [0.4, 0.5) is 0 Å². The van der Waals surface area contributed by atoms with Gasteiger partial charge in [-0.15, -0.1) is 0 Å². The maximum Gasteiger partial charge on any atom is 0.328 e. The Morgan fingerprint density at radius 2 is 1.44 bits per heavy atom. The third-order valence-corrected chi connectivity index (χ3v) is 13.4. The van der Waals surface area contributed by atoms with Crippen molar-refractivity contribution >= 4 is 29.5 Å². The fraction of sp³-hybridized carbons (Fsp3) is 0.776. The van der Waals surface area contributed by atoms with E-state index in [0.717, 1.165) is 24.9 Å². The molecule has 1 heterocycles. The van der Waals surface area contributed by atoms with E-state index in [4.69, 9.17) is 18.9 Å². The SMILES string of the molecule is CC[C@H](C)[C@@H]([C@@H](CC(=O)N1CCC[C@H]1[C@H](OC)[C@@H](C)C(=O)N[C@@H](Cc1ccccc1)C(=O)OC)OC)N(C)C(=O)[C@@H](CC(=O)[C@H](C(C)C)N(C)CCOCCN(C)C(C)C)C(C)C. The number of likely N-dealkylation sites (tertiary alicyclic amines) is 1. The zero-order valence-electron chi connectivity index (χ0n) is 41.6. The minimum Gasteiger partial charge on any atom is -0.467 e. The van der Waals surface area contributed by atoms with Crippen molar-refractivity contribution in [3.63, 3.8) is 0 Å². The number of benzene rings is 1. The van der Waals surface area contributed by atoms with Gasteiger partial charge in [-0.3, -0.25) is 24.1 Å². The number of likely N-dealkylation sites (N-methyl/N-ethyl adjacent to an activating group) is 3. The standard InChI is InChI=1S/C49H85N5O9/c1-16-35(8)45(53(12)48(58)38(32(2)3)30-41(55)44(33(4)5)52(11)26-28-63-27-25-51(10)34(6)7)42(60-13)31-43(56)54-24-20-23-40(54)46(61-14)36(9)47(57)50-39(49(59)62-15)29-37-21-18-17-19-22-37/h17-19,21-22,32-36,38-40,42,44-46H,16,20,23-31H2,1-15H3,(H,50,57)/t35-,36+,38-,39-,40-,42+,44-,45-,46+/m0/s1. The fourth-order valence-corrected chi connectivity index (χ4v) is 9.04. The van der Waals surface area contributed by atoms with Crippen molar-refractivity contribution in [2.45, 2.75) is 143 Å². The summed E-state index contributed by atoms with van der Waals surface area (Å²) < 4.78 is 23.0. The Labute approximate surface area is 380 Å². The minimum atomic E-state index is -0.894. The molecule has 0 radical (unpaired) electrons. The Hall–Kier alpha value is -3.43. The number of amides is 3. The fourth-order valence-electron chi connectivity index (χ4n) is 9.04. The van der Waals surface area contributed by atoms with Gasteiger partial charge in [0.25, 0.3) is 0 Å². The summed E-state index contributed by atoms with van der Waals surface area (Å²) in [6, 6.07) is 7.73. The summed E-state index contributed by atoms with van der Waals surface area (Å²) in [5, 5.41) is 2.88. The molecule has 0 spiro atoms. The third-order valence-electron chi connectivity index (χ3n) is 13.4. The monoisotopic (exact) mass is 888 g/mol. The number of hydrogen-bond acceptors (Lipinski definition) is 11. The number of esters is 1. The number of Topliss-reactive ketones (excluding diaryl/α,β-unsaturated/α-hetero) is 1. The van der Waals surface area contributed by atoms with Crippen LogP contribution < -0.4 is 5.32 Å². The molecule has 360 valence electrons. The normalized spacial score (nSPS) is 18.3. The number of carbonyl (C=O) groups is 5. The molecule has 0 aromatic heterocycles. The highest BCUT2D eigenvalue weighted by atomic mass is 16.5. The maximum atomic E-state index is 14.6. The molecule has 1 aliphatic rings. The van der Waals surface area contributed by atoms with E-state index in [1.165, 1.54) is 14.2 Å². The first-order chi connectivity index (χ1) is 29.7. The molecule has 0 aliphatic carbocycles. The second-order valence-corrected chi connectivity index (χ2v) is 18.7. The van der Waals surface area contributed by atoms with E-state index in [1.54, 1.807) is 30.9 Å². The number of methoxy groups -OCH3 is 3. The molecule has 0 unspecified atom stereocenters. The lowest BCUT2D eigenvalue weighted by Gasteiger charge is -2.41. The summed E-state index contributed by atoms with van der Waals surface area (Å²) in [6.45, 7) is 21.2. The van der Waals surface area contributed by atoms with Gasteiger partial charge in [-0.25, -0.2) is 4.79 Å². The summed E-state index contributed by atoms with van der Waals surface area (Å²) in [5.74, 6) is -2.57. The molecule has 14 heteroatoms. The van der Waals surface area contributed by atoms with Gasteiger partial charge in [0.2, 0.25) is 17.7 Å². The van der Waals surface area contributed by atoms with E-state index in [2.05, 4.69) is 49.9 Å². The van der Waals surface area contributed by atoms with E-state index >= 15 is 0 Å². The lowest BCUT2D eigenvalue weighted by Crippen LogP contribution is -2.55. The van der Waals surface area contributed by atoms with E-state index < -0.39 is 48.1 Å². The molecule has 63 heavy (non-hydrogen) atoms. The van der Waals surface area contributed by atoms with Crippen molar-refractivity contribution < 1.29 is 42.9 Å². The predicted octanol–water partition coefficient (Wildman–Crippen LogP) is 5.35. The number of nitrogens with zero attached hydrogens (tertiary/aromatic N) is 4. The van der Waals surface area contributed by atoms with Crippen molar-refractivity contribution in [1.29, 1.82) is 0 Å². The van der Waals surface area contributed by atoms with Gasteiger partial charge in [0.05, 0.1) is 63.0 Å². The molecule has 1 fully saturated rings. The Morgan fingerprint density at radius 3 is 1.97 bits per heavy atom. The molecule has 0 saturated carbocycles. The van der Waals surface area contributed by atoms with Gasteiger partial charge in [0.15, 0.2) is 5.78 Å². The highest BCUT2D eigenvalue weighted by molar-refractivity contribution is 5.90. The molecule has 1 saturated heterocycles. The van der Waals surface area contributed by atoms with Gasteiger partial charge in [-0.1, -0.05) is 85.2 Å². The molecule has 9 atom stereocenters. The maximum absolute atomic E-state index is 14.6. The van der Waals surface area contributed by atoms with E-state index in [1.807, 2.05) is 65.1 Å². The molecule has 1 aromatic rings. The quantitative estimate of drug-likeness (QED) is 0.0821. The number of rotatable bonds is 29. The third kappa shape index (κ3) is 16.5. The number of ether oxygens (including phenoxy) is 4. The molecule has 0 bridgehead atoms. The number of hydrogen-bond donors (Lipinski definition) is 1. The van der Waals surface area contributed by atoms with Gasteiger partial charge >= 0.3 is 5.97 Å². The highest BCUT2D eigenvalue weighted by Gasteiger charge is 2.43. The van der Waals surface area contributed by atoms with Gasteiger partial charge in [-0.05, 0) is 64.1 Å². The van der Waals surface area contributed by atoms with Crippen LogP contribution >= 0.6 is 0 Å². The van der Waals surface area contributed by atoms with Crippen LogP contribution in [0.5, 0.6) is 0 Å². The molecule has 1 aromatic carbocycles. The van der Waals surface area contributed by atoms with Crippen molar-refractivity contribution in [3.05, 3.63) is 35.9 Å². The first-order valence-corrected chi connectivity index (χ1v) is 23.3. The molecule has 3 amide bonds. The van der Waals surface area contributed by atoms with Gasteiger partial charge < -0.3 is 39.0 Å². The van der Waals surface area contributed by atoms with Crippen LogP contribution in [0.15, 0.2) is 30.3 Å². The smallest absolute Gasteiger partial charge is 0.328 e. The van der Waals surface area contributed by atoms with Crippen LogP contribution in [0.1, 0.15) is 100.0 Å². The lowest BCUT2D eigenvalue weighted by molar-refractivity contribution is -0.150. The first-order valence-electron chi connectivity index (χ1n) is 23.3. The summed E-state index contributed by atoms with van der Waals surface area (Å²) in [4.78, 5) is 77.4. The molecule has 14 nitrogen and oxygen atoms in total. The molecular formula is C49H85N5O9. The van der Waals surface area contributed by atoms with Crippen LogP contribution in [-0.2, 0) is 49.3 Å². The lowest BCUT2D eigenvalue weighted by atomic mass is 9.83. The molecule has 2 rings (SSSR count). The molecule has 1 N–H and O–H groups in total. The summed E-state index contributed by atoms with van der Waals surface area (Å²) >= 11 is 0. The first kappa shape index (κ1) is 55.7. The topological polar surface area (TPSA) is 147 Å². The predicted molar refractivity (Wildman–Crippen MR) is 248 cm³/mol. The number of carbonyl (C=O) groups excluding carboxylic acids is 5. The minimum absolute atomic E-state index is 0.0133.